The van der Waals surface area contributed by atoms with Crippen molar-refractivity contribution in [3.8, 4) is 0 Å². The van der Waals surface area contributed by atoms with E-state index in [0.717, 1.165) is 37.5 Å². The smallest absolute Gasteiger partial charge is 0.152 e. The van der Waals surface area contributed by atoms with Crippen LogP contribution in [0.15, 0.2) is 0 Å². The highest BCUT2D eigenvalue weighted by molar-refractivity contribution is 7.91. The van der Waals surface area contributed by atoms with Crippen molar-refractivity contribution in [3.63, 3.8) is 0 Å². The first-order valence-corrected chi connectivity index (χ1v) is 10.7. The number of aryl methyl sites for hydroxylation is 1. The summed E-state index contributed by atoms with van der Waals surface area (Å²) >= 11 is 0. The lowest BCUT2D eigenvalue weighted by Crippen LogP contribution is -2.33. The van der Waals surface area contributed by atoms with Crippen LogP contribution in [0, 0.1) is 13.8 Å². The van der Waals surface area contributed by atoms with E-state index in [1.807, 2.05) is 11.6 Å². The van der Waals surface area contributed by atoms with Crippen molar-refractivity contribution in [2.24, 2.45) is 0 Å². The van der Waals surface area contributed by atoms with Crippen LogP contribution >= 0.6 is 0 Å². The lowest BCUT2D eigenvalue weighted by molar-refractivity contribution is -0.00264. The van der Waals surface area contributed by atoms with Crippen molar-refractivity contribution < 1.29 is 13.2 Å². The molecule has 0 N–H and O–H groups in total. The third-order valence-electron chi connectivity index (χ3n) is 5.25. The van der Waals surface area contributed by atoms with Gasteiger partial charge in [0.05, 0.1) is 29.3 Å². The highest BCUT2D eigenvalue weighted by atomic mass is 32.2. The number of aromatic nitrogens is 2. The Morgan fingerprint density at radius 3 is 2.71 bits per heavy atom. The van der Waals surface area contributed by atoms with E-state index in [2.05, 4.69) is 24.0 Å². The molecule has 0 aliphatic carbocycles. The van der Waals surface area contributed by atoms with Crippen LogP contribution in [-0.4, -0.2) is 60.9 Å². The molecule has 0 bridgehead atoms. The Hall–Kier alpha value is -0.920. The molecule has 7 heteroatoms. The second kappa shape index (κ2) is 7.14. The Labute approximate surface area is 145 Å². The lowest BCUT2D eigenvalue weighted by atomic mass is 10.1. The zero-order valence-electron chi connectivity index (χ0n) is 15.0. The zero-order chi connectivity index (χ0) is 17.3. The molecule has 1 aromatic heterocycles. The first kappa shape index (κ1) is 17.9. The predicted molar refractivity (Wildman–Crippen MR) is 93.9 cm³/mol. The van der Waals surface area contributed by atoms with Crippen LogP contribution in [-0.2, 0) is 21.1 Å². The maximum Gasteiger partial charge on any atom is 0.152 e. The molecule has 0 spiro atoms. The average Bonchev–Trinajstić information content (AvgIpc) is 3.02. The number of hydrogen-bond acceptors (Lipinski definition) is 5. The highest BCUT2D eigenvalue weighted by Gasteiger charge is 2.31. The van der Waals surface area contributed by atoms with Crippen LogP contribution in [0.5, 0.6) is 0 Å². The first-order chi connectivity index (χ1) is 11.4. The molecule has 24 heavy (non-hydrogen) atoms. The molecule has 6 nitrogen and oxygen atoms in total. The van der Waals surface area contributed by atoms with Crippen LogP contribution < -0.4 is 0 Å². The van der Waals surface area contributed by atoms with Gasteiger partial charge in [-0.05, 0) is 46.6 Å². The van der Waals surface area contributed by atoms with Crippen molar-refractivity contribution in [2.45, 2.75) is 58.2 Å². The van der Waals surface area contributed by atoms with E-state index in [1.165, 1.54) is 18.4 Å². The molecule has 136 valence electrons. The first-order valence-electron chi connectivity index (χ1n) is 8.91. The van der Waals surface area contributed by atoms with Gasteiger partial charge in [-0.2, -0.15) is 5.10 Å². The average molecular weight is 356 g/mol. The van der Waals surface area contributed by atoms with E-state index >= 15 is 0 Å². The summed E-state index contributed by atoms with van der Waals surface area (Å²) in [6.07, 6.45) is 4.58. The Kier molecular flexibility index (Phi) is 5.32. The van der Waals surface area contributed by atoms with E-state index in [-0.39, 0.29) is 17.5 Å². The normalized spacial score (nSPS) is 27.0. The monoisotopic (exact) mass is 355 g/mol. The minimum absolute atomic E-state index is 0.00515. The molecule has 0 radical (unpaired) electrons. The molecule has 2 fully saturated rings. The van der Waals surface area contributed by atoms with Crippen LogP contribution in [0.25, 0.3) is 0 Å². The van der Waals surface area contributed by atoms with Gasteiger partial charge in [-0.25, -0.2) is 8.42 Å². The van der Waals surface area contributed by atoms with Gasteiger partial charge in [0, 0.05) is 31.0 Å². The van der Waals surface area contributed by atoms with Gasteiger partial charge in [-0.1, -0.05) is 0 Å². The van der Waals surface area contributed by atoms with Crippen LogP contribution in [0.4, 0.5) is 0 Å². The molecule has 3 heterocycles. The molecule has 3 rings (SSSR count). The molecule has 2 saturated heterocycles. The number of sulfone groups is 1. The molecule has 0 amide bonds. The van der Waals surface area contributed by atoms with Crippen molar-refractivity contribution in [2.75, 3.05) is 31.7 Å². The molecule has 0 unspecified atom stereocenters. The van der Waals surface area contributed by atoms with E-state index in [9.17, 15) is 8.42 Å². The number of nitrogens with zero attached hydrogens (tertiary/aromatic N) is 3. The van der Waals surface area contributed by atoms with Crippen LogP contribution in [0.3, 0.4) is 0 Å². The molecule has 2 aliphatic heterocycles. The molecule has 0 aromatic carbocycles. The Balaban J connectivity index is 1.67. The van der Waals surface area contributed by atoms with Gasteiger partial charge in [0.2, 0.25) is 0 Å². The van der Waals surface area contributed by atoms with E-state index < -0.39 is 9.84 Å². The Bertz CT molecular complexity index is 677. The molecule has 0 saturated carbocycles. The van der Waals surface area contributed by atoms with Crippen molar-refractivity contribution in [1.82, 2.24) is 14.7 Å². The summed E-state index contributed by atoms with van der Waals surface area (Å²) < 4.78 is 31.3. The van der Waals surface area contributed by atoms with Crippen molar-refractivity contribution in [3.05, 3.63) is 17.0 Å². The Morgan fingerprint density at radius 2 is 2.08 bits per heavy atom. The summed E-state index contributed by atoms with van der Waals surface area (Å²) in [5, 5.41) is 4.65. The fourth-order valence-electron chi connectivity index (χ4n) is 3.88. The third kappa shape index (κ3) is 4.00. The number of ether oxygens (including phenoxy) is 1. The van der Waals surface area contributed by atoms with Gasteiger partial charge < -0.3 is 4.74 Å². The molecule has 1 aromatic rings. The fraction of sp³-hybridized carbons (Fsp3) is 0.824. The van der Waals surface area contributed by atoms with Gasteiger partial charge in [0.15, 0.2) is 9.84 Å². The maximum atomic E-state index is 11.8. The van der Waals surface area contributed by atoms with Gasteiger partial charge in [-0.15, -0.1) is 0 Å². The highest BCUT2D eigenvalue weighted by Crippen LogP contribution is 2.27. The molecular formula is C17H29N3O3S. The van der Waals surface area contributed by atoms with Crippen LogP contribution in [0.1, 0.15) is 48.7 Å². The minimum Gasteiger partial charge on any atom is -0.377 e. The summed E-state index contributed by atoms with van der Waals surface area (Å²) in [7, 11) is -0.775. The van der Waals surface area contributed by atoms with Gasteiger partial charge in [0.1, 0.15) is 0 Å². The third-order valence-corrected chi connectivity index (χ3v) is 7.00. The molecule has 2 atom stereocenters. The largest absolute Gasteiger partial charge is 0.377 e. The maximum absolute atomic E-state index is 11.8. The standard InChI is InChI=1S/C17H29N3O3S/c1-13-17(11-19(3)10-16-6-4-5-8-23-16)14(2)20(18-13)15-7-9-24(21,22)12-15/h15-16H,4-12H2,1-3H3/t15-,16+/m1/s1. The minimum atomic E-state index is -2.89. The summed E-state index contributed by atoms with van der Waals surface area (Å²) in [4.78, 5) is 2.29. The summed E-state index contributed by atoms with van der Waals surface area (Å²) in [5.74, 6) is 0.504. The molecule has 2 aliphatic rings. The number of likely N-dealkylation sites (N-methyl/N-ethyl adjacent to an activating group) is 1. The quantitative estimate of drug-likeness (QED) is 0.807. The second-order valence-corrected chi connectivity index (χ2v) is 9.56. The SMILES string of the molecule is Cc1nn([C@@H]2CCS(=O)(=O)C2)c(C)c1CN(C)C[C@@H]1CCCCO1. The second-order valence-electron chi connectivity index (χ2n) is 7.34. The van der Waals surface area contributed by atoms with E-state index in [0.29, 0.717) is 12.5 Å². The summed E-state index contributed by atoms with van der Waals surface area (Å²) in [5.41, 5.74) is 3.33. The number of hydrogen-bond donors (Lipinski definition) is 0. The van der Waals surface area contributed by atoms with E-state index in [4.69, 9.17) is 4.74 Å². The van der Waals surface area contributed by atoms with Gasteiger partial charge >= 0.3 is 0 Å². The van der Waals surface area contributed by atoms with Gasteiger partial charge in [0.25, 0.3) is 0 Å². The lowest BCUT2D eigenvalue weighted by Gasteiger charge is -2.27. The topological polar surface area (TPSA) is 64.4 Å². The van der Waals surface area contributed by atoms with E-state index in [1.54, 1.807) is 0 Å². The van der Waals surface area contributed by atoms with Gasteiger partial charge in [-0.3, -0.25) is 9.58 Å². The van der Waals surface area contributed by atoms with Crippen LogP contribution in [0.2, 0.25) is 0 Å². The van der Waals surface area contributed by atoms with Crippen molar-refractivity contribution in [1.29, 1.82) is 0 Å². The number of rotatable bonds is 5. The summed E-state index contributed by atoms with van der Waals surface area (Å²) in [6.45, 7) is 6.72. The molecular weight excluding hydrogens is 326 g/mol. The van der Waals surface area contributed by atoms with Crippen molar-refractivity contribution >= 4 is 9.84 Å². The predicted octanol–water partition coefficient (Wildman–Crippen LogP) is 1.86. The Morgan fingerprint density at radius 1 is 1.29 bits per heavy atom. The fourth-order valence-corrected chi connectivity index (χ4v) is 5.58. The summed E-state index contributed by atoms with van der Waals surface area (Å²) in [6, 6.07) is -0.00515. The zero-order valence-corrected chi connectivity index (χ0v) is 15.8.